The standard InChI is InChI=1S/C20H17BrN2O3S/c1-25-16-7-3-13(4-8-16)17-12-27-20(22-17)23-19(24)10-5-14-11-15(21)6-9-18(14)26-2/h3-12H,1-2H3,(H,22,23,24)/b10-5+. The lowest BCUT2D eigenvalue weighted by atomic mass is 10.2. The summed E-state index contributed by atoms with van der Waals surface area (Å²) in [6.45, 7) is 0. The van der Waals surface area contributed by atoms with Crippen LogP contribution in [0.3, 0.4) is 0 Å². The molecule has 0 saturated heterocycles. The van der Waals surface area contributed by atoms with Crippen molar-refractivity contribution in [3.8, 4) is 22.8 Å². The predicted octanol–water partition coefficient (Wildman–Crippen LogP) is 5.24. The Morgan fingerprint density at radius 1 is 1.15 bits per heavy atom. The molecular formula is C20H17BrN2O3S. The van der Waals surface area contributed by atoms with Gasteiger partial charge in [0.25, 0.3) is 0 Å². The van der Waals surface area contributed by atoms with Crippen LogP contribution in [-0.2, 0) is 4.79 Å². The lowest BCUT2D eigenvalue weighted by Gasteiger charge is -2.04. The van der Waals surface area contributed by atoms with E-state index in [1.807, 2.05) is 47.8 Å². The fourth-order valence-corrected chi connectivity index (χ4v) is 3.47. The summed E-state index contributed by atoms with van der Waals surface area (Å²) in [6.07, 6.45) is 3.16. The van der Waals surface area contributed by atoms with E-state index in [-0.39, 0.29) is 5.91 Å². The maximum absolute atomic E-state index is 12.2. The zero-order chi connectivity index (χ0) is 19.2. The number of halogens is 1. The molecule has 1 amide bonds. The molecular weight excluding hydrogens is 428 g/mol. The number of amides is 1. The van der Waals surface area contributed by atoms with Gasteiger partial charge in [0, 0.05) is 27.1 Å². The highest BCUT2D eigenvalue weighted by molar-refractivity contribution is 9.10. The molecule has 3 aromatic rings. The molecule has 1 N–H and O–H groups in total. The van der Waals surface area contributed by atoms with Crippen molar-refractivity contribution in [1.29, 1.82) is 0 Å². The highest BCUT2D eigenvalue weighted by Gasteiger charge is 2.07. The Morgan fingerprint density at radius 2 is 1.93 bits per heavy atom. The van der Waals surface area contributed by atoms with Gasteiger partial charge in [-0.25, -0.2) is 4.98 Å². The molecule has 0 atom stereocenters. The average Bonchev–Trinajstić information content (AvgIpc) is 3.15. The second kappa shape index (κ2) is 8.83. The number of benzene rings is 2. The van der Waals surface area contributed by atoms with Gasteiger partial charge in [0.15, 0.2) is 5.13 Å². The molecule has 0 saturated carbocycles. The number of rotatable bonds is 6. The number of anilines is 1. The van der Waals surface area contributed by atoms with Crippen molar-refractivity contribution in [2.45, 2.75) is 0 Å². The van der Waals surface area contributed by atoms with E-state index in [0.717, 1.165) is 27.0 Å². The molecule has 138 valence electrons. The number of carbonyl (C=O) groups is 1. The largest absolute Gasteiger partial charge is 0.497 e. The smallest absolute Gasteiger partial charge is 0.250 e. The molecule has 0 aliphatic heterocycles. The molecule has 2 aromatic carbocycles. The van der Waals surface area contributed by atoms with Gasteiger partial charge in [-0.15, -0.1) is 11.3 Å². The van der Waals surface area contributed by atoms with E-state index in [1.165, 1.54) is 17.4 Å². The third kappa shape index (κ3) is 4.96. The summed E-state index contributed by atoms with van der Waals surface area (Å²) < 4.78 is 11.4. The quantitative estimate of drug-likeness (QED) is 0.527. The molecule has 0 bridgehead atoms. The molecule has 0 aliphatic carbocycles. The number of hydrogen-bond donors (Lipinski definition) is 1. The van der Waals surface area contributed by atoms with Gasteiger partial charge in [-0.3, -0.25) is 10.1 Å². The van der Waals surface area contributed by atoms with Crippen molar-refractivity contribution in [1.82, 2.24) is 4.98 Å². The van der Waals surface area contributed by atoms with Crippen LogP contribution in [0.4, 0.5) is 5.13 Å². The topological polar surface area (TPSA) is 60.5 Å². The zero-order valence-electron chi connectivity index (χ0n) is 14.7. The summed E-state index contributed by atoms with van der Waals surface area (Å²) in [5.41, 5.74) is 2.57. The van der Waals surface area contributed by atoms with Crippen molar-refractivity contribution in [2.24, 2.45) is 0 Å². The van der Waals surface area contributed by atoms with Crippen LogP contribution in [0, 0.1) is 0 Å². The number of aromatic nitrogens is 1. The molecule has 0 fully saturated rings. The van der Waals surface area contributed by atoms with Gasteiger partial charge in [0.2, 0.25) is 5.91 Å². The van der Waals surface area contributed by atoms with Crippen LogP contribution in [0.2, 0.25) is 0 Å². The highest BCUT2D eigenvalue weighted by atomic mass is 79.9. The molecule has 0 unspecified atom stereocenters. The first-order chi connectivity index (χ1) is 13.1. The van der Waals surface area contributed by atoms with Gasteiger partial charge in [-0.1, -0.05) is 15.9 Å². The number of ether oxygens (including phenoxy) is 2. The molecule has 7 heteroatoms. The second-order valence-electron chi connectivity index (χ2n) is 5.48. The average molecular weight is 445 g/mol. The molecule has 27 heavy (non-hydrogen) atoms. The van der Waals surface area contributed by atoms with E-state index in [4.69, 9.17) is 9.47 Å². The van der Waals surface area contributed by atoms with E-state index in [1.54, 1.807) is 20.3 Å². The Morgan fingerprint density at radius 3 is 2.63 bits per heavy atom. The third-order valence-corrected chi connectivity index (χ3v) is 4.98. The second-order valence-corrected chi connectivity index (χ2v) is 7.25. The molecule has 1 aromatic heterocycles. The van der Waals surface area contributed by atoms with Crippen molar-refractivity contribution in [2.75, 3.05) is 19.5 Å². The maximum atomic E-state index is 12.2. The van der Waals surface area contributed by atoms with Crippen molar-refractivity contribution < 1.29 is 14.3 Å². The van der Waals surface area contributed by atoms with Crippen LogP contribution in [0.1, 0.15) is 5.56 Å². The number of hydrogen-bond acceptors (Lipinski definition) is 5. The number of methoxy groups -OCH3 is 2. The van der Waals surface area contributed by atoms with E-state index in [9.17, 15) is 4.79 Å². The van der Waals surface area contributed by atoms with E-state index >= 15 is 0 Å². The van der Waals surface area contributed by atoms with Gasteiger partial charge in [-0.2, -0.15) is 0 Å². The van der Waals surface area contributed by atoms with Crippen LogP contribution in [0.25, 0.3) is 17.3 Å². The summed E-state index contributed by atoms with van der Waals surface area (Å²) in [5, 5.41) is 5.22. The van der Waals surface area contributed by atoms with Gasteiger partial charge in [-0.05, 0) is 48.5 Å². The van der Waals surface area contributed by atoms with Crippen LogP contribution in [0.15, 0.2) is 58.4 Å². The van der Waals surface area contributed by atoms with Crippen molar-refractivity contribution in [3.63, 3.8) is 0 Å². The Labute approximate surface area is 169 Å². The minimum Gasteiger partial charge on any atom is -0.497 e. The van der Waals surface area contributed by atoms with Crippen molar-refractivity contribution in [3.05, 3.63) is 64.0 Å². The lowest BCUT2D eigenvalue weighted by molar-refractivity contribution is -0.111. The molecule has 0 spiro atoms. The fourth-order valence-electron chi connectivity index (χ4n) is 2.37. The molecule has 0 aliphatic rings. The first-order valence-electron chi connectivity index (χ1n) is 8.01. The normalized spacial score (nSPS) is 10.8. The Kier molecular flexibility index (Phi) is 6.26. The summed E-state index contributed by atoms with van der Waals surface area (Å²) in [5.74, 6) is 1.22. The number of nitrogens with zero attached hydrogens (tertiary/aromatic N) is 1. The van der Waals surface area contributed by atoms with E-state index in [0.29, 0.717) is 10.9 Å². The summed E-state index contributed by atoms with van der Waals surface area (Å²) in [4.78, 5) is 16.7. The first kappa shape index (κ1) is 19.1. The minimum atomic E-state index is -0.257. The number of thiazole rings is 1. The SMILES string of the molecule is COc1ccc(-c2csc(NC(=O)/C=C/c3cc(Br)ccc3OC)n2)cc1. The minimum absolute atomic E-state index is 0.257. The molecule has 0 radical (unpaired) electrons. The van der Waals surface area contributed by atoms with Gasteiger partial charge in [0.1, 0.15) is 11.5 Å². The monoisotopic (exact) mass is 444 g/mol. The van der Waals surface area contributed by atoms with Crippen molar-refractivity contribution >= 4 is 44.4 Å². The van der Waals surface area contributed by atoms with E-state index < -0.39 is 0 Å². The summed E-state index contributed by atoms with van der Waals surface area (Å²) >= 11 is 4.79. The Hall–Kier alpha value is -2.64. The maximum Gasteiger partial charge on any atom is 0.250 e. The summed E-state index contributed by atoms with van der Waals surface area (Å²) in [6, 6.07) is 13.2. The van der Waals surface area contributed by atoms with Crippen LogP contribution in [-0.4, -0.2) is 25.1 Å². The molecule has 5 nitrogen and oxygen atoms in total. The van der Waals surface area contributed by atoms with Gasteiger partial charge >= 0.3 is 0 Å². The van der Waals surface area contributed by atoms with Crippen LogP contribution < -0.4 is 14.8 Å². The number of carbonyl (C=O) groups excluding carboxylic acids is 1. The predicted molar refractivity (Wildman–Crippen MR) is 112 cm³/mol. The molecule has 3 rings (SSSR count). The van der Waals surface area contributed by atoms with Crippen LogP contribution >= 0.6 is 27.3 Å². The first-order valence-corrected chi connectivity index (χ1v) is 9.69. The van der Waals surface area contributed by atoms with Gasteiger partial charge < -0.3 is 9.47 Å². The zero-order valence-corrected chi connectivity index (χ0v) is 17.1. The van der Waals surface area contributed by atoms with Gasteiger partial charge in [0.05, 0.1) is 19.9 Å². The van der Waals surface area contributed by atoms with E-state index in [2.05, 4.69) is 26.2 Å². The number of nitrogens with one attached hydrogen (secondary N) is 1. The third-order valence-electron chi connectivity index (χ3n) is 3.73. The summed E-state index contributed by atoms with van der Waals surface area (Å²) in [7, 11) is 3.22. The highest BCUT2D eigenvalue weighted by Crippen LogP contribution is 2.27. The Balaban J connectivity index is 1.68. The van der Waals surface area contributed by atoms with Crippen LogP contribution in [0.5, 0.6) is 11.5 Å². The molecule has 1 heterocycles. The Bertz CT molecular complexity index is 968. The fraction of sp³-hybridized carbons (Fsp3) is 0.100. The lowest BCUT2D eigenvalue weighted by Crippen LogP contribution is -2.07.